The van der Waals surface area contributed by atoms with E-state index in [2.05, 4.69) is 22.3 Å². The van der Waals surface area contributed by atoms with Gasteiger partial charge in [0.25, 0.3) is 5.91 Å². The van der Waals surface area contributed by atoms with E-state index in [9.17, 15) is 4.79 Å². The first kappa shape index (κ1) is 22.0. The van der Waals surface area contributed by atoms with E-state index in [1.807, 2.05) is 36.4 Å². The number of amides is 1. The van der Waals surface area contributed by atoms with Crippen molar-refractivity contribution in [1.29, 1.82) is 0 Å². The Hall–Kier alpha value is -2.83. The fourth-order valence-electron chi connectivity index (χ4n) is 4.95. The van der Waals surface area contributed by atoms with Gasteiger partial charge in [0, 0.05) is 31.7 Å². The van der Waals surface area contributed by atoms with Gasteiger partial charge < -0.3 is 24.1 Å². The Morgan fingerprint density at radius 3 is 2.61 bits per heavy atom. The SMILES string of the molecule is O=C(NCC1(CN2CCCC2)CCOCC1)c1ccc(COc2ccc3ccccc3c2)o1. The Kier molecular flexibility index (Phi) is 6.65. The molecule has 174 valence electrons. The number of benzene rings is 2. The van der Waals surface area contributed by atoms with Gasteiger partial charge in [-0.3, -0.25) is 4.79 Å². The van der Waals surface area contributed by atoms with Crippen molar-refractivity contribution >= 4 is 16.7 Å². The van der Waals surface area contributed by atoms with Crippen LogP contribution in [0.1, 0.15) is 42.0 Å². The average molecular weight is 449 g/mol. The number of hydrogen-bond donors (Lipinski definition) is 1. The summed E-state index contributed by atoms with van der Waals surface area (Å²) in [4.78, 5) is 15.3. The fourth-order valence-corrected chi connectivity index (χ4v) is 4.95. The molecule has 2 aromatic carbocycles. The Morgan fingerprint density at radius 2 is 1.79 bits per heavy atom. The van der Waals surface area contributed by atoms with Gasteiger partial charge in [-0.05, 0) is 73.8 Å². The van der Waals surface area contributed by atoms with Gasteiger partial charge in [-0.25, -0.2) is 0 Å². The van der Waals surface area contributed by atoms with Gasteiger partial charge in [0.1, 0.15) is 18.1 Å². The van der Waals surface area contributed by atoms with Gasteiger partial charge in [-0.1, -0.05) is 30.3 Å². The number of carbonyl (C=O) groups is 1. The summed E-state index contributed by atoms with van der Waals surface area (Å²) in [5, 5.41) is 5.44. The number of ether oxygens (including phenoxy) is 2. The minimum absolute atomic E-state index is 0.0763. The number of fused-ring (bicyclic) bond motifs is 1. The molecule has 6 nitrogen and oxygen atoms in total. The number of rotatable bonds is 8. The minimum atomic E-state index is -0.167. The third-order valence-electron chi connectivity index (χ3n) is 6.92. The zero-order chi connectivity index (χ0) is 22.5. The van der Waals surface area contributed by atoms with Crippen molar-refractivity contribution in [3.8, 4) is 5.75 Å². The zero-order valence-corrected chi connectivity index (χ0v) is 19.1. The van der Waals surface area contributed by atoms with Crippen LogP contribution >= 0.6 is 0 Å². The molecular formula is C27H32N2O4. The van der Waals surface area contributed by atoms with E-state index in [0.29, 0.717) is 18.1 Å². The topological polar surface area (TPSA) is 63.9 Å². The molecule has 0 unspecified atom stereocenters. The van der Waals surface area contributed by atoms with Crippen molar-refractivity contribution in [3.63, 3.8) is 0 Å². The molecule has 0 spiro atoms. The van der Waals surface area contributed by atoms with Gasteiger partial charge in [0.2, 0.25) is 0 Å². The maximum absolute atomic E-state index is 12.8. The molecule has 2 saturated heterocycles. The van der Waals surface area contributed by atoms with Crippen molar-refractivity contribution in [3.05, 3.63) is 66.1 Å². The van der Waals surface area contributed by atoms with E-state index >= 15 is 0 Å². The number of carbonyl (C=O) groups excluding carboxylic acids is 1. The maximum Gasteiger partial charge on any atom is 0.287 e. The number of hydrogen-bond acceptors (Lipinski definition) is 5. The van der Waals surface area contributed by atoms with E-state index < -0.39 is 0 Å². The lowest BCUT2D eigenvalue weighted by molar-refractivity contribution is -0.000762. The van der Waals surface area contributed by atoms with Crippen LogP contribution in [-0.2, 0) is 11.3 Å². The monoisotopic (exact) mass is 448 g/mol. The molecule has 1 amide bonds. The van der Waals surface area contributed by atoms with Gasteiger partial charge in [-0.2, -0.15) is 0 Å². The smallest absolute Gasteiger partial charge is 0.287 e. The van der Waals surface area contributed by atoms with E-state index in [0.717, 1.165) is 56.8 Å². The normalized spacial score (nSPS) is 18.4. The summed E-state index contributed by atoms with van der Waals surface area (Å²) in [6.07, 6.45) is 4.50. The Balaban J connectivity index is 1.16. The first-order valence-electron chi connectivity index (χ1n) is 12.0. The lowest BCUT2D eigenvalue weighted by atomic mass is 9.79. The summed E-state index contributed by atoms with van der Waals surface area (Å²) in [6, 6.07) is 17.7. The highest BCUT2D eigenvalue weighted by atomic mass is 16.5. The predicted octanol–water partition coefficient (Wildman–Crippen LogP) is 4.63. The molecule has 3 aromatic rings. The van der Waals surface area contributed by atoms with E-state index in [1.54, 1.807) is 6.07 Å². The summed E-state index contributed by atoms with van der Waals surface area (Å²) < 4.78 is 17.3. The van der Waals surface area contributed by atoms with Gasteiger partial charge in [-0.15, -0.1) is 0 Å². The van der Waals surface area contributed by atoms with Crippen LogP contribution in [0.15, 0.2) is 59.0 Å². The quantitative estimate of drug-likeness (QED) is 0.544. The summed E-state index contributed by atoms with van der Waals surface area (Å²) in [5.74, 6) is 1.57. The summed E-state index contributed by atoms with van der Waals surface area (Å²) in [6.45, 7) is 5.81. The largest absolute Gasteiger partial charge is 0.486 e. The lowest BCUT2D eigenvalue weighted by Gasteiger charge is -2.40. The third-order valence-corrected chi connectivity index (χ3v) is 6.92. The molecule has 0 saturated carbocycles. The van der Waals surface area contributed by atoms with E-state index in [1.165, 1.54) is 18.2 Å². The van der Waals surface area contributed by atoms with Crippen LogP contribution in [0.3, 0.4) is 0 Å². The number of nitrogens with zero attached hydrogens (tertiary/aromatic N) is 1. The molecule has 0 atom stereocenters. The summed E-state index contributed by atoms with van der Waals surface area (Å²) in [5.41, 5.74) is 0.0763. The molecule has 33 heavy (non-hydrogen) atoms. The second kappa shape index (κ2) is 9.98. The highest BCUT2D eigenvalue weighted by molar-refractivity contribution is 5.91. The molecule has 2 aliphatic rings. The molecule has 3 heterocycles. The maximum atomic E-state index is 12.8. The number of nitrogens with one attached hydrogen (secondary N) is 1. The zero-order valence-electron chi connectivity index (χ0n) is 19.1. The molecule has 5 rings (SSSR count). The molecule has 2 fully saturated rings. The van der Waals surface area contributed by atoms with Gasteiger partial charge in [0.05, 0.1) is 0 Å². The minimum Gasteiger partial charge on any atom is -0.486 e. The Morgan fingerprint density at radius 1 is 1.00 bits per heavy atom. The van der Waals surface area contributed by atoms with Gasteiger partial charge in [0.15, 0.2) is 5.76 Å². The van der Waals surface area contributed by atoms with Crippen molar-refractivity contribution in [2.75, 3.05) is 39.4 Å². The molecule has 6 heteroatoms. The highest BCUT2D eigenvalue weighted by Gasteiger charge is 2.35. The Bertz CT molecular complexity index is 1080. The third kappa shape index (κ3) is 5.40. The molecule has 0 aliphatic carbocycles. The fraction of sp³-hybridized carbons (Fsp3) is 0.444. The standard InChI is InChI=1S/C27H32N2O4/c30-26(28-19-27(11-15-31-16-12-27)20-29-13-3-4-14-29)25-10-9-24(33-25)18-32-23-8-7-21-5-1-2-6-22(21)17-23/h1-2,5-10,17H,3-4,11-16,18-20H2,(H,28,30). The molecule has 0 bridgehead atoms. The first-order valence-corrected chi connectivity index (χ1v) is 12.0. The molecule has 1 aromatic heterocycles. The molecular weight excluding hydrogens is 416 g/mol. The van der Waals surface area contributed by atoms with Crippen molar-refractivity contribution < 1.29 is 18.7 Å². The average Bonchev–Trinajstić information content (AvgIpc) is 3.54. The van der Waals surface area contributed by atoms with Crippen LogP contribution in [0.25, 0.3) is 10.8 Å². The van der Waals surface area contributed by atoms with Gasteiger partial charge >= 0.3 is 0 Å². The van der Waals surface area contributed by atoms with Crippen molar-refractivity contribution in [1.82, 2.24) is 10.2 Å². The van der Waals surface area contributed by atoms with Crippen LogP contribution in [0.4, 0.5) is 0 Å². The second-order valence-electron chi connectivity index (χ2n) is 9.34. The summed E-state index contributed by atoms with van der Waals surface area (Å²) in [7, 11) is 0. The number of furan rings is 1. The van der Waals surface area contributed by atoms with E-state index in [4.69, 9.17) is 13.9 Å². The van der Waals surface area contributed by atoms with Crippen LogP contribution < -0.4 is 10.1 Å². The van der Waals surface area contributed by atoms with Crippen LogP contribution in [0.2, 0.25) is 0 Å². The van der Waals surface area contributed by atoms with Crippen molar-refractivity contribution in [2.24, 2.45) is 5.41 Å². The molecule has 0 radical (unpaired) electrons. The lowest BCUT2D eigenvalue weighted by Crippen LogP contribution is -2.48. The molecule has 1 N–H and O–H groups in total. The molecule has 2 aliphatic heterocycles. The van der Waals surface area contributed by atoms with Crippen LogP contribution in [0.5, 0.6) is 5.75 Å². The van der Waals surface area contributed by atoms with E-state index in [-0.39, 0.29) is 17.9 Å². The van der Waals surface area contributed by atoms with Crippen LogP contribution in [-0.4, -0.2) is 50.2 Å². The van der Waals surface area contributed by atoms with Crippen LogP contribution in [0, 0.1) is 5.41 Å². The summed E-state index contributed by atoms with van der Waals surface area (Å²) >= 11 is 0. The van der Waals surface area contributed by atoms with Crippen molar-refractivity contribution in [2.45, 2.75) is 32.3 Å². The Labute approximate surface area is 194 Å². The predicted molar refractivity (Wildman–Crippen MR) is 127 cm³/mol. The highest BCUT2D eigenvalue weighted by Crippen LogP contribution is 2.32. The number of likely N-dealkylation sites (tertiary alicyclic amines) is 1. The first-order chi connectivity index (χ1) is 16.2. The second-order valence-corrected chi connectivity index (χ2v) is 9.34.